The van der Waals surface area contributed by atoms with Gasteiger partial charge < -0.3 is 19.8 Å². The Labute approximate surface area is 422 Å². The molecule has 0 aliphatic heterocycles. The Bertz CT molecular complexity index is 1250. The number of nitrogens with one attached hydrogen (secondary N) is 1. The molecule has 8 nitrogen and oxygen atoms in total. The minimum Gasteiger partial charge on any atom is -0.387 e. The molecular weight excluding hydrogens is 864 g/mol. The predicted octanol–water partition coefficient (Wildman–Crippen LogP) is 17.5. The molecule has 0 fully saturated rings. The van der Waals surface area contributed by atoms with Gasteiger partial charge in [-0.05, 0) is 64.2 Å². The Balaban J connectivity index is 4.03. The van der Waals surface area contributed by atoms with Gasteiger partial charge in [0, 0.05) is 6.42 Å². The molecule has 0 aromatic heterocycles. The molecule has 400 valence electrons. The molecule has 0 bridgehead atoms. The van der Waals surface area contributed by atoms with Crippen LogP contribution in [-0.4, -0.2) is 73.4 Å². The highest BCUT2D eigenvalue weighted by Gasteiger charge is 2.27. The van der Waals surface area contributed by atoms with E-state index >= 15 is 0 Å². The van der Waals surface area contributed by atoms with Gasteiger partial charge in [0.05, 0.1) is 39.9 Å². The molecule has 9 heteroatoms. The lowest BCUT2D eigenvalue weighted by molar-refractivity contribution is -0.870. The maximum atomic E-state index is 12.9. The smallest absolute Gasteiger partial charge is 0.387 e. The van der Waals surface area contributed by atoms with E-state index in [2.05, 4.69) is 55.6 Å². The van der Waals surface area contributed by atoms with Crippen LogP contribution in [-0.2, 0) is 18.4 Å². The molecule has 0 spiro atoms. The number of amides is 1. The molecule has 0 rings (SSSR count). The Morgan fingerprint density at radius 1 is 0.500 bits per heavy atom. The third-order valence-electron chi connectivity index (χ3n) is 13.0. The van der Waals surface area contributed by atoms with Crippen molar-refractivity contribution < 1.29 is 32.9 Å². The molecular formula is C59H114N2O6P+. The number of quaternary nitrogens is 1. The van der Waals surface area contributed by atoms with Gasteiger partial charge in [0.2, 0.25) is 5.91 Å². The Morgan fingerprint density at radius 2 is 0.853 bits per heavy atom. The van der Waals surface area contributed by atoms with Crippen LogP contribution in [0.5, 0.6) is 0 Å². The van der Waals surface area contributed by atoms with Crippen molar-refractivity contribution in [3.63, 3.8) is 0 Å². The van der Waals surface area contributed by atoms with Crippen LogP contribution in [0.15, 0.2) is 48.6 Å². The average molecular weight is 979 g/mol. The lowest BCUT2D eigenvalue weighted by atomic mass is 10.0. The van der Waals surface area contributed by atoms with Crippen LogP contribution in [0.3, 0.4) is 0 Å². The van der Waals surface area contributed by atoms with Gasteiger partial charge in [0.15, 0.2) is 0 Å². The van der Waals surface area contributed by atoms with E-state index < -0.39 is 20.0 Å². The summed E-state index contributed by atoms with van der Waals surface area (Å²) in [7, 11) is 1.56. The monoisotopic (exact) mass is 978 g/mol. The van der Waals surface area contributed by atoms with Crippen LogP contribution in [0.4, 0.5) is 0 Å². The van der Waals surface area contributed by atoms with Crippen LogP contribution in [0.25, 0.3) is 0 Å². The van der Waals surface area contributed by atoms with Crippen molar-refractivity contribution in [1.82, 2.24) is 5.32 Å². The molecule has 0 aliphatic rings. The Kier molecular flexibility index (Phi) is 49.3. The summed E-state index contributed by atoms with van der Waals surface area (Å²) in [6, 6.07) is -0.862. The lowest BCUT2D eigenvalue weighted by Crippen LogP contribution is -2.45. The zero-order valence-corrected chi connectivity index (χ0v) is 46.5. The number of rotatable bonds is 53. The number of likely N-dealkylation sites (N-methyl/N-ethyl adjacent to an activating group) is 1. The van der Waals surface area contributed by atoms with Crippen molar-refractivity contribution in [1.29, 1.82) is 0 Å². The van der Waals surface area contributed by atoms with E-state index in [0.29, 0.717) is 17.4 Å². The zero-order chi connectivity index (χ0) is 49.9. The van der Waals surface area contributed by atoms with Gasteiger partial charge in [-0.2, -0.15) is 0 Å². The van der Waals surface area contributed by atoms with E-state index in [9.17, 15) is 19.4 Å². The van der Waals surface area contributed by atoms with Gasteiger partial charge in [-0.15, -0.1) is 0 Å². The molecule has 0 aromatic rings. The minimum atomic E-state index is -4.35. The van der Waals surface area contributed by atoms with Crippen molar-refractivity contribution in [3.05, 3.63) is 48.6 Å². The molecule has 0 saturated heterocycles. The zero-order valence-electron chi connectivity index (χ0n) is 45.6. The number of aliphatic hydroxyl groups is 1. The fraction of sp³-hybridized carbons (Fsp3) is 0.847. The van der Waals surface area contributed by atoms with Crippen molar-refractivity contribution in [2.45, 2.75) is 283 Å². The SMILES string of the molecule is CCCCCCCCC/C=C/CC/C=C/C(O)C(COP(=O)(O)OCC[N+](C)(C)C)NC(=O)CCCCCCCCCCCCCCCCCCC/C=C\C/C=C\CCCCCCCCCCC. The number of aliphatic hydroxyl groups excluding tert-OH is 1. The van der Waals surface area contributed by atoms with Crippen LogP contribution in [0.1, 0.15) is 271 Å². The van der Waals surface area contributed by atoms with Crippen molar-refractivity contribution in [2.75, 3.05) is 40.9 Å². The quantitative estimate of drug-likeness (QED) is 0.0243. The Hall–Kier alpha value is -1.54. The maximum absolute atomic E-state index is 12.9. The third-order valence-corrected chi connectivity index (χ3v) is 14.0. The van der Waals surface area contributed by atoms with Crippen LogP contribution >= 0.6 is 7.82 Å². The molecule has 0 aromatic carbocycles. The first-order chi connectivity index (χ1) is 33.0. The van der Waals surface area contributed by atoms with Gasteiger partial charge in [-0.3, -0.25) is 13.8 Å². The highest BCUT2D eigenvalue weighted by molar-refractivity contribution is 7.47. The number of phosphoric acid groups is 1. The van der Waals surface area contributed by atoms with E-state index in [-0.39, 0.29) is 19.1 Å². The first-order valence-electron chi connectivity index (χ1n) is 29.0. The average Bonchev–Trinajstić information content (AvgIpc) is 3.30. The summed E-state index contributed by atoms with van der Waals surface area (Å²) < 4.78 is 23.6. The molecule has 3 atom stereocenters. The second-order valence-corrected chi connectivity index (χ2v) is 22.5. The van der Waals surface area contributed by atoms with E-state index in [1.807, 2.05) is 27.2 Å². The second-order valence-electron chi connectivity index (χ2n) is 21.0. The van der Waals surface area contributed by atoms with Crippen molar-refractivity contribution in [2.24, 2.45) is 0 Å². The molecule has 0 heterocycles. The molecule has 3 N–H and O–H groups in total. The van der Waals surface area contributed by atoms with Gasteiger partial charge >= 0.3 is 7.82 Å². The van der Waals surface area contributed by atoms with E-state index in [1.165, 1.54) is 205 Å². The summed E-state index contributed by atoms with van der Waals surface area (Å²) in [5, 5.41) is 13.9. The second kappa shape index (κ2) is 50.4. The third kappa shape index (κ3) is 52.3. The van der Waals surface area contributed by atoms with E-state index in [1.54, 1.807) is 6.08 Å². The Morgan fingerprint density at radius 3 is 1.26 bits per heavy atom. The number of phosphoric ester groups is 1. The predicted molar refractivity (Wildman–Crippen MR) is 295 cm³/mol. The number of carbonyl (C=O) groups is 1. The summed E-state index contributed by atoms with van der Waals surface area (Å²) >= 11 is 0. The van der Waals surface area contributed by atoms with Crippen molar-refractivity contribution in [3.8, 4) is 0 Å². The largest absolute Gasteiger partial charge is 0.472 e. The van der Waals surface area contributed by atoms with Crippen LogP contribution in [0.2, 0.25) is 0 Å². The number of unbranched alkanes of at least 4 members (excludes halogenated alkanes) is 34. The first kappa shape index (κ1) is 66.5. The van der Waals surface area contributed by atoms with Gasteiger partial charge in [-0.1, -0.05) is 249 Å². The summed E-state index contributed by atoms with van der Waals surface area (Å²) in [5.74, 6) is -0.185. The highest BCUT2D eigenvalue weighted by Crippen LogP contribution is 2.43. The number of hydrogen-bond acceptors (Lipinski definition) is 5. The van der Waals surface area contributed by atoms with Crippen LogP contribution in [0, 0.1) is 0 Å². The molecule has 3 unspecified atom stereocenters. The van der Waals surface area contributed by atoms with Gasteiger partial charge in [0.1, 0.15) is 13.2 Å². The minimum absolute atomic E-state index is 0.0563. The van der Waals surface area contributed by atoms with Gasteiger partial charge in [0.25, 0.3) is 0 Å². The van der Waals surface area contributed by atoms with Gasteiger partial charge in [-0.25, -0.2) is 4.57 Å². The normalized spacial score (nSPS) is 14.3. The fourth-order valence-electron chi connectivity index (χ4n) is 8.44. The first-order valence-corrected chi connectivity index (χ1v) is 30.5. The summed E-state index contributed by atoms with van der Waals surface area (Å²) in [6.45, 7) is 4.80. The summed E-state index contributed by atoms with van der Waals surface area (Å²) in [5.41, 5.74) is 0. The van der Waals surface area contributed by atoms with E-state index in [0.717, 1.165) is 44.9 Å². The number of hydrogen-bond donors (Lipinski definition) is 3. The molecule has 0 saturated carbocycles. The standard InChI is InChI=1S/C59H113N2O6P/c1-6-8-10-12-14-16-18-20-21-22-23-24-25-26-27-28-29-30-31-32-33-34-35-36-37-38-39-41-43-45-47-49-51-53-59(63)60-57(56-67-68(64,65)66-55-54-61(3,4)5)58(62)52-50-48-46-44-42-40-19-17-15-13-11-9-7-2/h23-24,26-27,42,44,50,52,57-58,62H,6-22,25,28-41,43,45-49,51,53-56H2,1-5H3,(H-,60,63,64,65)/p+1/b24-23-,27-26-,44-42+,52-50+. The number of allylic oxidation sites excluding steroid dienone is 7. The van der Waals surface area contributed by atoms with E-state index in [4.69, 9.17) is 9.05 Å². The molecule has 0 radical (unpaired) electrons. The summed E-state index contributed by atoms with van der Waals surface area (Å²) in [6.07, 6.45) is 66.6. The fourth-order valence-corrected chi connectivity index (χ4v) is 9.18. The topological polar surface area (TPSA) is 105 Å². The number of nitrogens with zero attached hydrogens (tertiary/aromatic N) is 1. The van der Waals surface area contributed by atoms with Crippen LogP contribution < -0.4 is 5.32 Å². The van der Waals surface area contributed by atoms with Crippen molar-refractivity contribution >= 4 is 13.7 Å². The molecule has 68 heavy (non-hydrogen) atoms. The molecule has 1 amide bonds. The lowest BCUT2D eigenvalue weighted by Gasteiger charge is -2.25. The highest BCUT2D eigenvalue weighted by atomic mass is 31.2. The maximum Gasteiger partial charge on any atom is 0.472 e. The molecule has 0 aliphatic carbocycles. The summed E-state index contributed by atoms with van der Waals surface area (Å²) in [4.78, 5) is 23.2. The number of carbonyl (C=O) groups excluding carboxylic acids is 1.